The Bertz CT molecular complexity index is 102. The topological polar surface area (TPSA) is 41.5 Å². The molecule has 2 unspecified atom stereocenters. The lowest BCUT2D eigenvalue weighted by molar-refractivity contribution is 0.186. The maximum atomic E-state index is 8.74. The van der Waals surface area contributed by atoms with Gasteiger partial charge in [-0.25, -0.2) is 0 Å². The van der Waals surface area contributed by atoms with Gasteiger partial charge in [-0.1, -0.05) is 6.92 Å². The van der Waals surface area contributed by atoms with E-state index >= 15 is 0 Å². The first-order valence-electron chi connectivity index (χ1n) is 4.25. The summed E-state index contributed by atoms with van der Waals surface area (Å²) in [4.78, 5) is 0. The van der Waals surface area contributed by atoms with E-state index < -0.39 is 0 Å². The Morgan fingerprint density at radius 2 is 2.55 bits per heavy atom. The molecule has 1 rings (SSSR count). The minimum absolute atomic E-state index is 0.264. The minimum atomic E-state index is 0.264. The van der Waals surface area contributed by atoms with Crippen LogP contribution in [0.4, 0.5) is 0 Å². The normalized spacial score (nSPS) is 27.3. The Balaban J connectivity index is 2.01. The van der Waals surface area contributed by atoms with E-state index in [-0.39, 0.29) is 6.61 Å². The molecule has 1 saturated heterocycles. The maximum Gasteiger partial charge on any atom is 0.0620 e. The van der Waals surface area contributed by atoms with Crippen LogP contribution in [0.3, 0.4) is 0 Å². The molecule has 2 atom stereocenters. The Hall–Kier alpha value is -0.120. The molecule has 0 aromatic carbocycles. The number of hydrogen-bond donors (Lipinski definition) is 2. The summed E-state index contributed by atoms with van der Waals surface area (Å²) in [7, 11) is 0. The zero-order valence-corrected chi connectivity index (χ0v) is 7.05. The molecule has 1 aliphatic rings. The van der Waals surface area contributed by atoms with Crippen molar-refractivity contribution in [2.75, 3.05) is 26.4 Å². The zero-order chi connectivity index (χ0) is 8.10. The third-order valence-corrected chi connectivity index (χ3v) is 2.00. The summed E-state index contributed by atoms with van der Waals surface area (Å²) in [5.41, 5.74) is 0. The highest BCUT2D eigenvalue weighted by atomic mass is 16.5. The van der Waals surface area contributed by atoms with E-state index in [1.165, 1.54) is 0 Å². The molecule has 1 heterocycles. The van der Waals surface area contributed by atoms with Crippen LogP contribution < -0.4 is 5.32 Å². The van der Waals surface area contributed by atoms with Crippen LogP contribution in [0.25, 0.3) is 0 Å². The molecule has 1 fully saturated rings. The largest absolute Gasteiger partial charge is 0.396 e. The first kappa shape index (κ1) is 8.97. The summed E-state index contributed by atoms with van der Waals surface area (Å²) in [5.74, 6) is 0.357. The molecule has 0 amide bonds. The second-order valence-corrected chi connectivity index (χ2v) is 3.26. The molecule has 2 N–H and O–H groups in total. The van der Waals surface area contributed by atoms with E-state index in [0.29, 0.717) is 12.0 Å². The lowest BCUT2D eigenvalue weighted by atomic mass is 10.2. The summed E-state index contributed by atoms with van der Waals surface area (Å²) in [6.45, 7) is 4.90. The highest BCUT2D eigenvalue weighted by molar-refractivity contribution is 4.71. The number of ether oxygens (including phenoxy) is 1. The van der Waals surface area contributed by atoms with Crippen molar-refractivity contribution in [2.24, 2.45) is 5.92 Å². The van der Waals surface area contributed by atoms with E-state index in [4.69, 9.17) is 9.84 Å². The SMILES string of the molecule is CC(CO)CNC1CCOC1. The van der Waals surface area contributed by atoms with Gasteiger partial charge in [-0.3, -0.25) is 0 Å². The summed E-state index contributed by atoms with van der Waals surface area (Å²) in [6, 6.07) is 0.518. The fourth-order valence-corrected chi connectivity index (χ4v) is 1.13. The Morgan fingerprint density at radius 1 is 1.73 bits per heavy atom. The summed E-state index contributed by atoms with van der Waals surface area (Å²) in [6.07, 6.45) is 1.11. The number of rotatable bonds is 4. The lowest BCUT2D eigenvalue weighted by Crippen LogP contribution is -2.33. The molecule has 0 aromatic rings. The van der Waals surface area contributed by atoms with Crippen molar-refractivity contribution in [3.8, 4) is 0 Å². The van der Waals surface area contributed by atoms with Crippen LogP contribution in [-0.4, -0.2) is 37.5 Å². The molecular weight excluding hydrogens is 142 g/mol. The van der Waals surface area contributed by atoms with Gasteiger partial charge in [0.15, 0.2) is 0 Å². The van der Waals surface area contributed by atoms with Crippen molar-refractivity contribution in [3.05, 3.63) is 0 Å². The second-order valence-electron chi connectivity index (χ2n) is 3.26. The monoisotopic (exact) mass is 159 g/mol. The number of aliphatic hydroxyl groups excluding tert-OH is 1. The van der Waals surface area contributed by atoms with Crippen LogP contribution in [0.5, 0.6) is 0 Å². The molecule has 0 bridgehead atoms. The van der Waals surface area contributed by atoms with Gasteiger partial charge in [-0.2, -0.15) is 0 Å². The number of aliphatic hydroxyl groups is 1. The molecule has 0 saturated carbocycles. The van der Waals surface area contributed by atoms with E-state index in [9.17, 15) is 0 Å². The van der Waals surface area contributed by atoms with Gasteiger partial charge in [0.05, 0.1) is 6.61 Å². The van der Waals surface area contributed by atoms with Crippen molar-refractivity contribution in [1.82, 2.24) is 5.32 Å². The molecule has 11 heavy (non-hydrogen) atoms. The van der Waals surface area contributed by atoms with Gasteiger partial charge in [-0.05, 0) is 12.3 Å². The van der Waals surface area contributed by atoms with E-state index in [1.54, 1.807) is 0 Å². The number of nitrogens with one attached hydrogen (secondary N) is 1. The predicted molar refractivity (Wildman–Crippen MR) is 43.5 cm³/mol. The molecule has 0 aromatic heterocycles. The smallest absolute Gasteiger partial charge is 0.0620 e. The second kappa shape index (κ2) is 4.70. The van der Waals surface area contributed by atoms with Crippen LogP contribution in [0.15, 0.2) is 0 Å². The van der Waals surface area contributed by atoms with E-state index in [2.05, 4.69) is 5.32 Å². The zero-order valence-electron chi connectivity index (χ0n) is 7.05. The van der Waals surface area contributed by atoms with Gasteiger partial charge < -0.3 is 15.2 Å². The van der Waals surface area contributed by atoms with Gasteiger partial charge in [0, 0.05) is 25.8 Å². The van der Waals surface area contributed by atoms with E-state index in [0.717, 1.165) is 26.2 Å². The lowest BCUT2D eigenvalue weighted by Gasteiger charge is -2.13. The molecular formula is C8H17NO2. The highest BCUT2D eigenvalue weighted by Gasteiger charge is 2.14. The molecule has 3 nitrogen and oxygen atoms in total. The summed E-state index contributed by atoms with van der Waals surface area (Å²) < 4.78 is 5.20. The quantitative estimate of drug-likeness (QED) is 0.606. The summed E-state index contributed by atoms with van der Waals surface area (Å²) in [5, 5.41) is 12.1. The van der Waals surface area contributed by atoms with Crippen LogP contribution >= 0.6 is 0 Å². The van der Waals surface area contributed by atoms with Gasteiger partial charge in [-0.15, -0.1) is 0 Å². The Labute approximate surface area is 67.7 Å². The predicted octanol–water partition coefficient (Wildman–Crippen LogP) is -0.00670. The third-order valence-electron chi connectivity index (χ3n) is 2.00. The van der Waals surface area contributed by atoms with Crippen LogP contribution in [0, 0.1) is 5.92 Å². The highest BCUT2D eigenvalue weighted by Crippen LogP contribution is 2.03. The average Bonchev–Trinajstić information content (AvgIpc) is 2.52. The van der Waals surface area contributed by atoms with Crippen LogP contribution in [0.1, 0.15) is 13.3 Å². The molecule has 3 heteroatoms. The van der Waals surface area contributed by atoms with Crippen molar-refractivity contribution in [3.63, 3.8) is 0 Å². The molecule has 0 aliphatic carbocycles. The molecule has 1 aliphatic heterocycles. The summed E-state index contributed by atoms with van der Waals surface area (Å²) >= 11 is 0. The Morgan fingerprint density at radius 3 is 3.09 bits per heavy atom. The van der Waals surface area contributed by atoms with Crippen molar-refractivity contribution in [2.45, 2.75) is 19.4 Å². The van der Waals surface area contributed by atoms with Crippen molar-refractivity contribution >= 4 is 0 Å². The molecule has 0 radical (unpaired) electrons. The van der Waals surface area contributed by atoms with Crippen LogP contribution in [0.2, 0.25) is 0 Å². The number of hydrogen-bond acceptors (Lipinski definition) is 3. The van der Waals surface area contributed by atoms with Gasteiger partial charge in [0.1, 0.15) is 0 Å². The fraction of sp³-hybridized carbons (Fsp3) is 1.00. The van der Waals surface area contributed by atoms with Gasteiger partial charge in [0.25, 0.3) is 0 Å². The first-order valence-corrected chi connectivity index (χ1v) is 4.25. The molecule has 66 valence electrons. The minimum Gasteiger partial charge on any atom is -0.396 e. The van der Waals surface area contributed by atoms with Gasteiger partial charge >= 0.3 is 0 Å². The van der Waals surface area contributed by atoms with E-state index in [1.807, 2.05) is 6.92 Å². The standard InChI is InChI=1S/C8H17NO2/c1-7(5-10)4-9-8-2-3-11-6-8/h7-10H,2-6H2,1H3. The van der Waals surface area contributed by atoms with Crippen molar-refractivity contribution < 1.29 is 9.84 Å². The third kappa shape index (κ3) is 3.18. The first-order chi connectivity index (χ1) is 5.33. The van der Waals surface area contributed by atoms with Crippen LogP contribution in [-0.2, 0) is 4.74 Å². The fourth-order valence-electron chi connectivity index (χ4n) is 1.13. The maximum absolute atomic E-state index is 8.74. The Kier molecular flexibility index (Phi) is 3.83. The van der Waals surface area contributed by atoms with Gasteiger partial charge in [0.2, 0.25) is 0 Å². The molecule has 0 spiro atoms. The average molecular weight is 159 g/mol. The van der Waals surface area contributed by atoms with Crippen molar-refractivity contribution in [1.29, 1.82) is 0 Å².